The van der Waals surface area contributed by atoms with E-state index in [1.54, 1.807) is 30.2 Å². The first kappa shape index (κ1) is 22.8. The number of hydrogen-bond donors (Lipinski definition) is 0. The van der Waals surface area contributed by atoms with Gasteiger partial charge in [-0.25, -0.2) is 14.8 Å². The van der Waals surface area contributed by atoms with Gasteiger partial charge in [-0.1, -0.05) is 42.5 Å². The number of hydrogen-bond acceptors (Lipinski definition) is 7. The molecule has 2 aromatic carbocycles. The number of fused-ring (bicyclic) bond motifs is 1. The monoisotopic (exact) mass is 473 g/mol. The summed E-state index contributed by atoms with van der Waals surface area (Å²) in [5.74, 6) is 2.08. The van der Waals surface area contributed by atoms with Crippen LogP contribution in [0.3, 0.4) is 0 Å². The van der Waals surface area contributed by atoms with Gasteiger partial charge in [0.25, 0.3) is 0 Å². The third-order valence-corrected chi connectivity index (χ3v) is 6.41. The number of benzene rings is 2. The Morgan fingerprint density at radius 1 is 1.09 bits per heavy atom. The average molecular weight is 474 g/mol. The smallest absolute Gasteiger partial charge is 0.326 e. The van der Waals surface area contributed by atoms with Gasteiger partial charge in [-0.2, -0.15) is 0 Å². The Morgan fingerprint density at radius 3 is 2.51 bits per heavy atom. The first-order valence-electron chi connectivity index (χ1n) is 11.5. The van der Waals surface area contributed by atoms with Crippen molar-refractivity contribution in [3.63, 3.8) is 0 Å². The largest absolute Gasteiger partial charge is 0.489 e. The lowest BCUT2D eigenvalue weighted by molar-refractivity contribution is -0.108. The fraction of sp³-hybridized carbons (Fsp3) is 0.308. The lowest BCUT2D eigenvalue weighted by Crippen LogP contribution is -2.57. The van der Waals surface area contributed by atoms with Crippen LogP contribution in [0.25, 0.3) is 0 Å². The maximum absolute atomic E-state index is 13.3. The van der Waals surface area contributed by atoms with Crippen LogP contribution in [-0.4, -0.2) is 60.6 Å². The highest BCUT2D eigenvalue weighted by Crippen LogP contribution is 2.38. The maximum Gasteiger partial charge on any atom is 0.326 e. The Hall–Kier alpha value is -3.98. The number of anilines is 2. The molecular formula is C26H27N5O4. The molecular weight excluding hydrogens is 446 g/mol. The van der Waals surface area contributed by atoms with Crippen LogP contribution in [0, 0.1) is 0 Å². The van der Waals surface area contributed by atoms with Crippen LogP contribution >= 0.6 is 0 Å². The standard InChI is InChI=1S/C26H27N5O4/c1-29-24(15-32)31(22-12-27-23(17-34-2)28-25(22)29)26(33)30-13-20(14-30)19-8-10-21(11-9-19)35-16-18-6-4-3-5-7-18/h3-12,15,20,24H,13-14,16-17H2,1-2H3. The molecule has 0 bridgehead atoms. The van der Waals surface area contributed by atoms with E-state index in [1.807, 2.05) is 54.6 Å². The summed E-state index contributed by atoms with van der Waals surface area (Å²) in [6, 6.07) is 17.8. The molecule has 1 saturated heterocycles. The van der Waals surface area contributed by atoms with Gasteiger partial charge in [0.2, 0.25) is 0 Å². The molecule has 9 nitrogen and oxygen atoms in total. The quantitative estimate of drug-likeness (QED) is 0.487. The third kappa shape index (κ3) is 4.42. The molecule has 3 heterocycles. The molecule has 3 aromatic rings. The van der Waals surface area contributed by atoms with Crippen molar-refractivity contribution in [1.29, 1.82) is 0 Å². The van der Waals surface area contributed by atoms with E-state index in [9.17, 15) is 9.59 Å². The summed E-state index contributed by atoms with van der Waals surface area (Å²) in [5, 5.41) is 0. The van der Waals surface area contributed by atoms with Gasteiger partial charge >= 0.3 is 6.03 Å². The predicted octanol–water partition coefficient (Wildman–Crippen LogP) is 3.20. The van der Waals surface area contributed by atoms with Crippen molar-refractivity contribution < 1.29 is 19.1 Å². The first-order chi connectivity index (χ1) is 17.1. The number of methoxy groups -OCH3 is 1. The SMILES string of the molecule is COCc1ncc2c(n1)N(C)C(C=O)N2C(=O)N1CC(c2ccc(OCc3ccccc3)cc2)C1. The molecule has 1 atom stereocenters. The summed E-state index contributed by atoms with van der Waals surface area (Å²) in [7, 11) is 3.31. The molecule has 5 rings (SSSR count). The Balaban J connectivity index is 1.22. The summed E-state index contributed by atoms with van der Waals surface area (Å²) in [6.07, 6.45) is 1.57. The molecule has 35 heavy (non-hydrogen) atoms. The van der Waals surface area contributed by atoms with Crippen molar-refractivity contribution in [2.24, 2.45) is 0 Å². The van der Waals surface area contributed by atoms with Crippen molar-refractivity contribution in [2.75, 3.05) is 37.0 Å². The second-order valence-corrected chi connectivity index (χ2v) is 8.69. The number of aldehydes is 1. The van der Waals surface area contributed by atoms with Crippen LogP contribution in [0.2, 0.25) is 0 Å². The normalized spacial score (nSPS) is 17.2. The summed E-state index contributed by atoms with van der Waals surface area (Å²) < 4.78 is 11.0. The minimum Gasteiger partial charge on any atom is -0.489 e. The zero-order valence-electron chi connectivity index (χ0n) is 19.7. The van der Waals surface area contributed by atoms with Gasteiger partial charge in [-0.15, -0.1) is 0 Å². The second-order valence-electron chi connectivity index (χ2n) is 8.69. The number of likely N-dealkylation sites (N-methyl/N-ethyl adjacent to an activating group) is 1. The summed E-state index contributed by atoms with van der Waals surface area (Å²) in [6.45, 7) is 1.93. The zero-order chi connectivity index (χ0) is 24.4. The van der Waals surface area contributed by atoms with Gasteiger partial charge in [0.15, 0.2) is 24.1 Å². The van der Waals surface area contributed by atoms with Gasteiger partial charge in [-0.05, 0) is 23.3 Å². The Kier molecular flexibility index (Phi) is 6.33. The van der Waals surface area contributed by atoms with Crippen LogP contribution in [-0.2, 0) is 22.7 Å². The molecule has 0 N–H and O–H groups in total. The van der Waals surface area contributed by atoms with Crippen molar-refractivity contribution in [3.05, 3.63) is 77.7 Å². The summed E-state index contributed by atoms with van der Waals surface area (Å²) in [4.78, 5) is 38.8. The highest BCUT2D eigenvalue weighted by molar-refractivity contribution is 6.03. The third-order valence-electron chi connectivity index (χ3n) is 6.41. The molecule has 0 radical (unpaired) electrons. The first-order valence-corrected chi connectivity index (χ1v) is 11.5. The molecule has 0 aliphatic carbocycles. The molecule has 2 aliphatic rings. The number of nitrogens with zero attached hydrogens (tertiary/aromatic N) is 5. The molecule has 9 heteroatoms. The van der Waals surface area contributed by atoms with E-state index in [-0.39, 0.29) is 18.6 Å². The number of carbonyl (C=O) groups excluding carboxylic acids is 2. The van der Waals surface area contributed by atoms with E-state index < -0.39 is 6.17 Å². The van der Waals surface area contributed by atoms with Crippen LogP contribution in [0.4, 0.5) is 16.3 Å². The van der Waals surface area contributed by atoms with Crippen molar-refractivity contribution in [1.82, 2.24) is 14.9 Å². The molecule has 2 amide bonds. The molecule has 0 saturated carbocycles. The fourth-order valence-electron chi connectivity index (χ4n) is 4.41. The minimum atomic E-state index is -0.760. The lowest BCUT2D eigenvalue weighted by Gasteiger charge is -2.42. The molecule has 1 fully saturated rings. The van der Waals surface area contributed by atoms with E-state index >= 15 is 0 Å². The van der Waals surface area contributed by atoms with Crippen LogP contribution < -0.4 is 14.5 Å². The molecule has 180 valence electrons. The number of carbonyl (C=O) groups is 2. The van der Waals surface area contributed by atoms with E-state index in [2.05, 4.69) is 9.97 Å². The van der Waals surface area contributed by atoms with Crippen molar-refractivity contribution in [2.45, 2.75) is 25.3 Å². The summed E-state index contributed by atoms with van der Waals surface area (Å²) in [5.41, 5.74) is 2.80. The molecule has 1 unspecified atom stereocenters. The fourth-order valence-corrected chi connectivity index (χ4v) is 4.41. The van der Waals surface area contributed by atoms with Gasteiger partial charge in [0, 0.05) is 33.2 Å². The van der Waals surface area contributed by atoms with Crippen molar-refractivity contribution >= 4 is 23.8 Å². The summed E-state index contributed by atoms with van der Waals surface area (Å²) >= 11 is 0. The number of urea groups is 1. The van der Waals surface area contributed by atoms with Crippen LogP contribution in [0.1, 0.15) is 22.9 Å². The Labute approximate surface area is 203 Å². The molecule has 2 aliphatic heterocycles. The molecule has 0 spiro atoms. The topological polar surface area (TPSA) is 88.1 Å². The van der Waals surface area contributed by atoms with Crippen molar-refractivity contribution in [3.8, 4) is 5.75 Å². The highest BCUT2D eigenvalue weighted by Gasteiger charge is 2.44. The van der Waals surface area contributed by atoms with Gasteiger partial charge in [-0.3, -0.25) is 9.69 Å². The maximum atomic E-state index is 13.3. The van der Waals surface area contributed by atoms with E-state index in [0.29, 0.717) is 37.0 Å². The lowest BCUT2D eigenvalue weighted by atomic mass is 9.92. The Bertz CT molecular complexity index is 1200. The van der Waals surface area contributed by atoms with Gasteiger partial charge in [0.1, 0.15) is 24.7 Å². The zero-order valence-corrected chi connectivity index (χ0v) is 19.7. The number of aromatic nitrogens is 2. The van der Waals surface area contributed by atoms with E-state index in [1.165, 1.54) is 4.90 Å². The predicted molar refractivity (Wildman–Crippen MR) is 130 cm³/mol. The van der Waals surface area contributed by atoms with Gasteiger partial charge in [0.05, 0.1) is 6.20 Å². The number of amides is 2. The number of ether oxygens (including phenoxy) is 2. The Morgan fingerprint density at radius 2 is 1.83 bits per heavy atom. The van der Waals surface area contributed by atoms with E-state index in [4.69, 9.17) is 9.47 Å². The van der Waals surface area contributed by atoms with Crippen LogP contribution in [0.15, 0.2) is 60.8 Å². The molecule has 1 aromatic heterocycles. The number of likely N-dealkylation sites (tertiary alicyclic amines) is 1. The average Bonchev–Trinajstić information content (AvgIpc) is 3.14. The highest BCUT2D eigenvalue weighted by atomic mass is 16.5. The number of rotatable bonds is 7. The second kappa shape index (κ2) is 9.71. The van der Waals surface area contributed by atoms with Gasteiger partial charge < -0.3 is 19.3 Å². The van der Waals surface area contributed by atoms with E-state index in [0.717, 1.165) is 23.2 Å². The minimum absolute atomic E-state index is 0.227. The van der Waals surface area contributed by atoms with Crippen LogP contribution in [0.5, 0.6) is 5.75 Å².